The third kappa shape index (κ3) is 3.84. The topological polar surface area (TPSA) is 102 Å². The number of halogens is 1. The van der Waals surface area contributed by atoms with Crippen LogP contribution < -0.4 is 15.6 Å². The number of aromatic amines is 1. The quantitative estimate of drug-likeness (QED) is 0.543. The van der Waals surface area contributed by atoms with E-state index in [1.54, 1.807) is 12.1 Å². The van der Waals surface area contributed by atoms with Gasteiger partial charge in [-0.05, 0) is 30.3 Å². The summed E-state index contributed by atoms with van der Waals surface area (Å²) >= 11 is 0. The molecule has 4 rings (SSSR count). The molecule has 2 heterocycles. The van der Waals surface area contributed by atoms with E-state index in [9.17, 15) is 14.0 Å². The molecule has 146 valence electrons. The number of carbonyl (C=O) groups excluding carboxylic acids is 1. The van der Waals surface area contributed by atoms with Gasteiger partial charge in [0.1, 0.15) is 18.1 Å². The van der Waals surface area contributed by atoms with Crippen LogP contribution in [0.2, 0.25) is 0 Å². The molecule has 0 saturated carbocycles. The number of aromatic nitrogens is 4. The largest absolute Gasteiger partial charge is 0.497 e. The Hall–Kier alpha value is -4.01. The number of carbonyl (C=O) groups is 1. The number of nitrogens with one attached hydrogen (secondary N) is 2. The molecule has 0 aliphatic heterocycles. The predicted octanol–water partition coefficient (Wildman–Crippen LogP) is 2.57. The van der Waals surface area contributed by atoms with Gasteiger partial charge in [-0.15, -0.1) is 0 Å². The van der Waals surface area contributed by atoms with Gasteiger partial charge in [-0.25, -0.2) is 14.1 Å². The van der Waals surface area contributed by atoms with E-state index in [-0.39, 0.29) is 23.8 Å². The molecule has 0 bridgehead atoms. The van der Waals surface area contributed by atoms with E-state index >= 15 is 0 Å². The van der Waals surface area contributed by atoms with Gasteiger partial charge in [0.25, 0.3) is 5.56 Å². The van der Waals surface area contributed by atoms with Gasteiger partial charge in [0, 0.05) is 17.7 Å². The Morgan fingerprint density at radius 1 is 1.21 bits per heavy atom. The van der Waals surface area contributed by atoms with E-state index in [0.29, 0.717) is 11.3 Å². The van der Waals surface area contributed by atoms with Gasteiger partial charge in [-0.3, -0.25) is 14.9 Å². The van der Waals surface area contributed by atoms with Crippen molar-refractivity contribution in [3.05, 3.63) is 70.8 Å². The zero-order chi connectivity index (χ0) is 20.4. The summed E-state index contributed by atoms with van der Waals surface area (Å²) < 4.78 is 20.3. The summed E-state index contributed by atoms with van der Waals surface area (Å²) in [5, 5.41) is 6.71. The Labute approximate surface area is 164 Å². The SMILES string of the molecule is COc1ccc(-c2ccc(=O)n(CC(=O)Nc3nc4ccccc4[nH]3)n2)c(F)c1. The third-order valence-electron chi connectivity index (χ3n) is 4.26. The average Bonchev–Trinajstić information content (AvgIpc) is 3.11. The second-order valence-electron chi connectivity index (χ2n) is 6.21. The molecule has 0 aliphatic carbocycles. The number of hydrogen-bond acceptors (Lipinski definition) is 5. The van der Waals surface area contributed by atoms with Gasteiger partial charge in [0.15, 0.2) is 0 Å². The molecule has 1 amide bonds. The van der Waals surface area contributed by atoms with Gasteiger partial charge < -0.3 is 9.72 Å². The number of methoxy groups -OCH3 is 1. The van der Waals surface area contributed by atoms with Crippen LogP contribution in [0, 0.1) is 5.82 Å². The fourth-order valence-corrected chi connectivity index (χ4v) is 2.86. The number of fused-ring (bicyclic) bond motifs is 1. The number of amides is 1. The Bertz CT molecular complexity index is 1230. The van der Waals surface area contributed by atoms with E-state index in [2.05, 4.69) is 20.4 Å². The molecule has 0 atom stereocenters. The van der Waals surface area contributed by atoms with Crippen molar-refractivity contribution in [2.24, 2.45) is 0 Å². The fourth-order valence-electron chi connectivity index (χ4n) is 2.86. The van der Waals surface area contributed by atoms with Crippen LogP contribution in [-0.2, 0) is 11.3 Å². The van der Waals surface area contributed by atoms with Crippen molar-refractivity contribution in [1.29, 1.82) is 0 Å². The molecule has 0 unspecified atom stereocenters. The summed E-state index contributed by atoms with van der Waals surface area (Å²) in [6, 6.07) is 14.3. The van der Waals surface area contributed by atoms with Crippen molar-refractivity contribution in [3.63, 3.8) is 0 Å². The van der Waals surface area contributed by atoms with Gasteiger partial charge >= 0.3 is 0 Å². The molecule has 2 aromatic heterocycles. The van der Waals surface area contributed by atoms with Crippen molar-refractivity contribution in [2.75, 3.05) is 12.4 Å². The predicted molar refractivity (Wildman–Crippen MR) is 105 cm³/mol. The molecule has 0 saturated heterocycles. The molecule has 29 heavy (non-hydrogen) atoms. The van der Waals surface area contributed by atoms with E-state index in [0.717, 1.165) is 10.2 Å². The summed E-state index contributed by atoms with van der Waals surface area (Å²) in [6.45, 7) is -0.346. The number of imidazole rings is 1. The van der Waals surface area contributed by atoms with Gasteiger partial charge in [0.05, 0.1) is 23.8 Å². The second-order valence-corrected chi connectivity index (χ2v) is 6.21. The van der Waals surface area contributed by atoms with Crippen LogP contribution in [0.4, 0.5) is 10.3 Å². The van der Waals surface area contributed by atoms with Crippen LogP contribution in [0.3, 0.4) is 0 Å². The number of rotatable bonds is 5. The maximum atomic E-state index is 14.3. The van der Waals surface area contributed by atoms with Crippen molar-refractivity contribution >= 4 is 22.9 Å². The van der Waals surface area contributed by atoms with Crippen LogP contribution in [0.5, 0.6) is 5.75 Å². The van der Waals surface area contributed by atoms with Crippen molar-refractivity contribution in [1.82, 2.24) is 19.7 Å². The monoisotopic (exact) mass is 393 g/mol. The molecule has 0 aliphatic rings. The summed E-state index contributed by atoms with van der Waals surface area (Å²) in [6.07, 6.45) is 0. The summed E-state index contributed by atoms with van der Waals surface area (Å²) in [5.41, 5.74) is 1.41. The molecular formula is C20H16FN5O3. The van der Waals surface area contributed by atoms with Crippen LogP contribution in [0.25, 0.3) is 22.3 Å². The second kappa shape index (κ2) is 7.55. The fraction of sp³-hybridized carbons (Fsp3) is 0.100. The maximum Gasteiger partial charge on any atom is 0.267 e. The van der Waals surface area contributed by atoms with E-state index in [4.69, 9.17) is 4.74 Å². The molecule has 4 aromatic rings. The summed E-state index contributed by atoms with van der Waals surface area (Å²) in [7, 11) is 1.44. The molecule has 8 nitrogen and oxygen atoms in total. The highest BCUT2D eigenvalue weighted by Gasteiger charge is 2.13. The highest BCUT2D eigenvalue weighted by molar-refractivity contribution is 5.90. The summed E-state index contributed by atoms with van der Waals surface area (Å²) in [5.74, 6) is -0.411. The average molecular weight is 393 g/mol. The van der Waals surface area contributed by atoms with Crippen LogP contribution >= 0.6 is 0 Å². The number of para-hydroxylation sites is 2. The Morgan fingerprint density at radius 2 is 2.03 bits per heavy atom. The minimum Gasteiger partial charge on any atom is -0.497 e. The van der Waals surface area contributed by atoms with Crippen molar-refractivity contribution in [3.8, 4) is 17.0 Å². The Kier molecular flexibility index (Phi) is 4.78. The third-order valence-corrected chi connectivity index (χ3v) is 4.26. The van der Waals surface area contributed by atoms with Gasteiger partial charge in [0.2, 0.25) is 11.9 Å². The highest BCUT2D eigenvalue weighted by Crippen LogP contribution is 2.24. The number of benzene rings is 2. The summed E-state index contributed by atoms with van der Waals surface area (Å²) in [4.78, 5) is 31.7. The number of ether oxygens (including phenoxy) is 1. The smallest absolute Gasteiger partial charge is 0.267 e. The first-order valence-electron chi connectivity index (χ1n) is 8.70. The molecule has 2 aromatic carbocycles. The van der Waals surface area contributed by atoms with Crippen LogP contribution in [-0.4, -0.2) is 32.8 Å². The molecule has 2 N–H and O–H groups in total. The minimum atomic E-state index is -0.547. The van der Waals surface area contributed by atoms with Gasteiger partial charge in [-0.2, -0.15) is 5.10 Å². The zero-order valence-corrected chi connectivity index (χ0v) is 15.3. The molecule has 9 heteroatoms. The highest BCUT2D eigenvalue weighted by atomic mass is 19.1. The molecule has 0 fully saturated rings. The first kappa shape index (κ1) is 18.4. The number of anilines is 1. The maximum absolute atomic E-state index is 14.3. The first-order valence-corrected chi connectivity index (χ1v) is 8.70. The molecule has 0 radical (unpaired) electrons. The zero-order valence-electron chi connectivity index (χ0n) is 15.3. The minimum absolute atomic E-state index is 0.192. The van der Waals surface area contributed by atoms with Crippen molar-refractivity contribution in [2.45, 2.75) is 6.54 Å². The molecule has 0 spiro atoms. The lowest BCUT2D eigenvalue weighted by Gasteiger charge is -2.08. The Balaban J connectivity index is 1.56. The van der Waals surface area contributed by atoms with Crippen molar-refractivity contribution < 1.29 is 13.9 Å². The van der Waals surface area contributed by atoms with Crippen LogP contribution in [0.15, 0.2) is 59.4 Å². The van der Waals surface area contributed by atoms with E-state index in [1.165, 1.54) is 31.4 Å². The van der Waals surface area contributed by atoms with E-state index in [1.807, 2.05) is 18.2 Å². The van der Waals surface area contributed by atoms with Crippen LogP contribution in [0.1, 0.15) is 0 Å². The Morgan fingerprint density at radius 3 is 2.79 bits per heavy atom. The molecular weight excluding hydrogens is 377 g/mol. The lowest BCUT2D eigenvalue weighted by atomic mass is 10.1. The lowest BCUT2D eigenvalue weighted by molar-refractivity contribution is -0.117. The number of hydrogen-bond donors (Lipinski definition) is 2. The lowest BCUT2D eigenvalue weighted by Crippen LogP contribution is -2.29. The first-order chi connectivity index (χ1) is 14.0. The van der Waals surface area contributed by atoms with Gasteiger partial charge in [-0.1, -0.05) is 12.1 Å². The number of H-pyrrole nitrogens is 1. The normalized spacial score (nSPS) is 10.8. The van der Waals surface area contributed by atoms with E-state index < -0.39 is 17.3 Å². The number of nitrogens with zero attached hydrogens (tertiary/aromatic N) is 3. The standard InChI is InChI=1S/C20H16FN5O3/c1-29-12-6-7-13(14(21)10-12)15-8-9-19(28)26(25-15)11-18(27)24-20-22-16-4-2-3-5-17(16)23-20/h2-10H,11H2,1H3,(H2,22,23,24,27).